The molecule has 2 N–H and O–H groups in total. The molecule has 1 aromatic carbocycles. The number of thiazole rings is 1. The quantitative estimate of drug-likeness (QED) is 0.671. The molecular weight excluding hydrogens is 280 g/mol. The van der Waals surface area contributed by atoms with Crippen LogP contribution >= 0.6 is 11.3 Å². The zero-order valence-electron chi connectivity index (χ0n) is 11.1. The van der Waals surface area contributed by atoms with Crippen molar-refractivity contribution >= 4 is 23.0 Å². The highest BCUT2D eigenvalue weighted by atomic mass is 32.1. The Morgan fingerprint density at radius 3 is 2.60 bits per heavy atom. The second-order valence-corrected chi connectivity index (χ2v) is 4.78. The number of benzene rings is 1. The summed E-state index contributed by atoms with van der Waals surface area (Å²) in [5.41, 5.74) is 6.33. The monoisotopic (exact) mass is 294 g/mol. The maximum Gasteiger partial charge on any atom is 0.340 e. The van der Waals surface area contributed by atoms with E-state index in [0.717, 1.165) is 5.01 Å². The maximum atomic E-state index is 12.0. The van der Waals surface area contributed by atoms with Gasteiger partial charge in [-0.25, -0.2) is 9.78 Å². The van der Waals surface area contributed by atoms with Gasteiger partial charge < -0.3 is 19.9 Å². The van der Waals surface area contributed by atoms with Crippen molar-refractivity contribution in [3.63, 3.8) is 0 Å². The molecule has 0 unspecified atom stereocenters. The molecule has 0 atom stereocenters. The second-order valence-electron chi connectivity index (χ2n) is 3.80. The number of aromatic nitrogens is 1. The predicted molar refractivity (Wildman–Crippen MR) is 75.2 cm³/mol. The molecule has 106 valence electrons. The molecule has 0 fully saturated rings. The van der Waals surface area contributed by atoms with E-state index in [9.17, 15) is 4.79 Å². The van der Waals surface area contributed by atoms with Gasteiger partial charge in [-0.1, -0.05) is 0 Å². The highest BCUT2D eigenvalue weighted by Gasteiger charge is 2.16. The van der Waals surface area contributed by atoms with E-state index in [1.54, 1.807) is 6.20 Å². The third kappa shape index (κ3) is 3.00. The lowest BCUT2D eigenvalue weighted by molar-refractivity contribution is 0.0473. The Labute approximate surface area is 120 Å². The Morgan fingerprint density at radius 1 is 1.30 bits per heavy atom. The van der Waals surface area contributed by atoms with Crippen LogP contribution in [-0.4, -0.2) is 25.2 Å². The van der Waals surface area contributed by atoms with Crippen LogP contribution in [0.25, 0.3) is 0 Å². The molecule has 0 aliphatic heterocycles. The minimum Gasteiger partial charge on any atom is -0.493 e. The summed E-state index contributed by atoms with van der Waals surface area (Å²) < 4.78 is 15.4. The molecule has 1 aromatic heterocycles. The van der Waals surface area contributed by atoms with Crippen molar-refractivity contribution in [3.8, 4) is 11.5 Å². The van der Waals surface area contributed by atoms with Gasteiger partial charge in [0.25, 0.3) is 0 Å². The molecule has 0 saturated heterocycles. The smallest absolute Gasteiger partial charge is 0.340 e. The number of nitrogen functional groups attached to an aromatic ring is 1. The third-order valence-electron chi connectivity index (χ3n) is 2.59. The lowest BCUT2D eigenvalue weighted by atomic mass is 10.1. The standard InChI is InChI=1S/C13H14N2O4S/c1-17-10-5-8(9(14)6-11(10)18-2)13(16)19-7-12-15-3-4-20-12/h3-6H,7,14H2,1-2H3. The number of ether oxygens (including phenoxy) is 3. The van der Waals surface area contributed by atoms with Gasteiger partial charge in [0.05, 0.1) is 25.5 Å². The van der Waals surface area contributed by atoms with Crippen molar-refractivity contribution in [1.82, 2.24) is 4.98 Å². The van der Waals surface area contributed by atoms with E-state index in [1.165, 1.54) is 37.7 Å². The lowest BCUT2D eigenvalue weighted by Crippen LogP contribution is -2.09. The summed E-state index contributed by atoms with van der Waals surface area (Å²) in [6.45, 7) is 0.115. The number of nitrogens with zero attached hydrogens (tertiary/aromatic N) is 1. The van der Waals surface area contributed by atoms with E-state index in [-0.39, 0.29) is 17.9 Å². The van der Waals surface area contributed by atoms with Gasteiger partial charge >= 0.3 is 5.97 Å². The first-order valence-corrected chi connectivity index (χ1v) is 6.60. The van der Waals surface area contributed by atoms with E-state index in [4.69, 9.17) is 19.9 Å². The van der Waals surface area contributed by atoms with Gasteiger partial charge in [0.1, 0.15) is 11.6 Å². The molecule has 0 aliphatic carbocycles. The van der Waals surface area contributed by atoms with E-state index < -0.39 is 5.97 Å². The zero-order valence-corrected chi connectivity index (χ0v) is 11.9. The first-order chi connectivity index (χ1) is 9.65. The van der Waals surface area contributed by atoms with Gasteiger partial charge in [-0.05, 0) is 0 Å². The molecule has 0 spiro atoms. The second kappa shape index (κ2) is 6.25. The lowest BCUT2D eigenvalue weighted by Gasteiger charge is -2.11. The van der Waals surface area contributed by atoms with Crippen LogP contribution in [0.1, 0.15) is 15.4 Å². The average Bonchev–Trinajstić information content (AvgIpc) is 2.97. The van der Waals surface area contributed by atoms with Crippen molar-refractivity contribution in [1.29, 1.82) is 0 Å². The molecule has 2 rings (SSSR count). The maximum absolute atomic E-state index is 12.0. The zero-order chi connectivity index (χ0) is 14.5. The summed E-state index contributed by atoms with van der Waals surface area (Å²) >= 11 is 1.41. The Balaban J connectivity index is 2.16. The molecule has 6 nitrogen and oxygen atoms in total. The number of anilines is 1. The molecule has 0 aliphatic rings. The van der Waals surface area contributed by atoms with Crippen LogP contribution in [-0.2, 0) is 11.3 Å². The Morgan fingerprint density at radius 2 is 2.00 bits per heavy atom. The number of carbonyl (C=O) groups excluding carboxylic acids is 1. The summed E-state index contributed by atoms with van der Waals surface area (Å²) in [6, 6.07) is 3.02. The van der Waals surface area contributed by atoms with Gasteiger partial charge in [-0.2, -0.15) is 0 Å². The molecule has 0 radical (unpaired) electrons. The van der Waals surface area contributed by atoms with Crippen LogP contribution in [0.5, 0.6) is 11.5 Å². The van der Waals surface area contributed by atoms with Gasteiger partial charge in [0.15, 0.2) is 11.5 Å². The minimum atomic E-state index is -0.529. The fraction of sp³-hybridized carbons (Fsp3) is 0.231. The number of carbonyl (C=O) groups is 1. The van der Waals surface area contributed by atoms with Crippen LogP contribution in [0.2, 0.25) is 0 Å². The number of methoxy groups -OCH3 is 2. The van der Waals surface area contributed by atoms with Crippen LogP contribution in [0.4, 0.5) is 5.69 Å². The summed E-state index contributed by atoms with van der Waals surface area (Å²) in [4.78, 5) is 16.0. The number of hydrogen-bond acceptors (Lipinski definition) is 7. The van der Waals surface area contributed by atoms with Gasteiger partial charge in [0, 0.05) is 23.7 Å². The summed E-state index contributed by atoms with van der Waals surface area (Å²) in [5, 5.41) is 2.53. The van der Waals surface area contributed by atoms with Crippen molar-refractivity contribution in [3.05, 3.63) is 34.3 Å². The van der Waals surface area contributed by atoms with E-state index in [0.29, 0.717) is 11.5 Å². The first kappa shape index (κ1) is 14.1. The van der Waals surface area contributed by atoms with E-state index >= 15 is 0 Å². The third-order valence-corrected chi connectivity index (χ3v) is 3.34. The minimum absolute atomic E-state index is 0.115. The van der Waals surface area contributed by atoms with Crippen molar-refractivity contribution in [2.24, 2.45) is 0 Å². The molecule has 0 saturated carbocycles. The number of hydrogen-bond donors (Lipinski definition) is 1. The highest BCUT2D eigenvalue weighted by molar-refractivity contribution is 7.09. The van der Waals surface area contributed by atoms with Crippen molar-refractivity contribution in [2.45, 2.75) is 6.61 Å². The van der Waals surface area contributed by atoms with Crippen LogP contribution in [0, 0.1) is 0 Å². The highest BCUT2D eigenvalue weighted by Crippen LogP contribution is 2.32. The average molecular weight is 294 g/mol. The molecule has 1 heterocycles. The number of rotatable bonds is 5. The molecular formula is C13H14N2O4S. The Bertz CT molecular complexity index is 599. The van der Waals surface area contributed by atoms with Gasteiger partial charge in [-0.15, -0.1) is 11.3 Å². The molecule has 20 heavy (non-hydrogen) atoms. The topological polar surface area (TPSA) is 83.7 Å². The molecule has 7 heteroatoms. The van der Waals surface area contributed by atoms with E-state index in [2.05, 4.69) is 4.98 Å². The summed E-state index contributed by atoms with van der Waals surface area (Å²) in [5.74, 6) is 0.350. The summed E-state index contributed by atoms with van der Waals surface area (Å²) in [6.07, 6.45) is 1.65. The number of esters is 1. The fourth-order valence-corrected chi connectivity index (χ4v) is 2.13. The SMILES string of the molecule is COc1cc(N)c(C(=O)OCc2nccs2)cc1OC. The van der Waals surface area contributed by atoms with E-state index in [1.807, 2.05) is 5.38 Å². The summed E-state index contributed by atoms with van der Waals surface area (Å²) in [7, 11) is 2.98. The van der Waals surface area contributed by atoms with Gasteiger partial charge in [0.2, 0.25) is 0 Å². The first-order valence-electron chi connectivity index (χ1n) is 5.72. The normalized spacial score (nSPS) is 10.1. The van der Waals surface area contributed by atoms with Gasteiger partial charge in [-0.3, -0.25) is 0 Å². The number of nitrogens with two attached hydrogens (primary N) is 1. The largest absolute Gasteiger partial charge is 0.493 e. The van der Waals surface area contributed by atoms with Crippen LogP contribution < -0.4 is 15.2 Å². The van der Waals surface area contributed by atoms with Crippen LogP contribution in [0.3, 0.4) is 0 Å². The molecule has 0 bridgehead atoms. The molecule has 2 aromatic rings. The Hall–Kier alpha value is -2.28. The van der Waals surface area contributed by atoms with Crippen LogP contribution in [0.15, 0.2) is 23.7 Å². The molecule has 0 amide bonds. The fourth-order valence-electron chi connectivity index (χ4n) is 1.60. The Kier molecular flexibility index (Phi) is 4.41. The van der Waals surface area contributed by atoms with Crippen molar-refractivity contribution in [2.75, 3.05) is 20.0 Å². The predicted octanol–water partition coefficient (Wildman–Crippen LogP) is 2.10. The van der Waals surface area contributed by atoms with Crippen molar-refractivity contribution < 1.29 is 19.0 Å².